The maximum atomic E-state index is 9.94. The second kappa shape index (κ2) is 6.04. The van der Waals surface area contributed by atoms with Crippen molar-refractivity contribution < 1.29 is 25.5 Å². The van der Waals surface area contributed by atoms with Crippen molar-refractivity contribution in [2.24, 2.45) is 0 Å². The fourth-order valence-electron chi connectivity index (χ4n) is 1.82. The molecule has 1 heterocycles. The van der Waals surface area contributed by atoms with Crippen LogP contribution >= 0.6 is 11.6 Å². The van der Waals surface area contributed by atoms with Crippen LogP contribution in [-0.2, 0) is 0 Å². The molecule has 4 atom stereocenters. The summed E-state index contributed by atoms with van der Waals surface area (Å²) in [5.74, 6) is 0.0268. The topological polar surface area (TPSA) is 130 Å². The first-order valence-electron chi connectivity index (χ1n) is 5.92. The van der Waals surface area contributed by atoms with Gasteiger partial charge >= 0.3 is 0 Å². The van der Waals surface area contributed by atoms with Crippen LogP contribution in [0, 0.1) is 0 Å². The van der Waals surface area contributed by atoms with Gasteiger partial charge in [-0.2, -0.15) is 0 Å². The Labute approximate surface area is 119 Å². The molecule has 0 saturated carbocycles. The Morgan fingerprint density at radius 1 is 1.15 bits per heavy atom. The number of aliphatic hydroxyl groups is 5. The summed E-state index contributed by atoms with van der Waals surface area (Å²) in [4.78, 5) is 6.84. The summed E-state index contributed by atoms with van der Waals surface area (Å²) in [6, 6.07) is 4.88. The normalized spacial score (nSPS) is 17.9. The van der Waals surface area contributed by atoms with Crippen LogP contribution in [-0.4, -0.2) is 60.4 Å². The summed E-state index contributed by atoms with van der Waals surface area (Å²) in [5, 5.41) is 47.7. The van der Waals surface area contributed by atoms with E-state index in [0.717, 1.165) is 0 Å². The van der Waals surface area contributed by atoms with E-state index in [1.807, 2.05) is 0 Å². The van der Waals surface area contributed by atoms with Gasteiger partial charge in [0, 0.05) is 5.02 Å². The zero-order chi connectivity index (χ0) is 14.9. The van der Waals surface area contributed by atoms with Crippen LogP contribution in [0.25, 0.3) is 11.0 Å². The number of halogens is 1. The summed E-state index contributed by atoms with van der Waals surface area (Å²) in [6.07, 6.45) is -6.50. The minimum Gasteiger partial charge on any atom is -0.394 e. The molecule has 0 fully saturated rings. The van der Waals surface area contributed by atoms with Gasteiger partial charge in [0.15, 0.2) is 0 Å². The van der Waals surface area contributed by atoms with Crippen molar-refractivity contribution in [1.29, 1.82) is 0 Å². The van der Waals surface area contributed by atoms with Crippen LogP contribution in [0.5, 0.6) is 0 Å². The van der Waals surface area contributed by atoms with Gasteiger partial charge in [-0.3, -0.25) is 0 Å². The molecule has 1 aromatic carbocycles. The summed E-state index contributed by atoms with van der Waals surface area (Å²) >= 11 is 5.81. The van der Waals surface area contributed by atoms with Crippen molar-refractivity contribution in [2.75, 3.05) is 6.61 Å². The third-order valence-corrected chi connectivity index (χ3v) is 3.23. The van der Waals surface area contributed by atoms with Crippen LogP contribution in [0.1, 0.15) is 11.9 Å². The molecule has 0 spiro atoms. The van der Waals surface area contributed by atoms with Crippen LogP contribution in [0.2, 0.25) is 5.02 Å². The highest BCUT2D eigenvalue weighted by atomic mass is 35.5. The lowest BCUT2D eigenvalue weighted by Crippen LogP contribution is -2.42. The van der Waals surface area contributed by atoms with E-state index in [0.29, 0.717) is 16.1 Å². The Balaban J connectivity index is 2.24. The Morgan fingerprint density at radius 3 is 2.50 bits per heavy atom. The highest BCUT2D eigenvalue weighted by Gasteiger charge is 2.32. The number of imidazole rings is 1. The molecule has 0 aliphatic rings. The summed E-state index contributed by atoms with van der Waals surface area (Å²) in [5.41, 5.74) is 1.10. The molecule has 0 bridgehead atoms. The second-order valence-electron chi connectivity index (χ2n) is 4.46. The lowest BCUT2D eigenvalue weighted by Gasteiger charge is -2.24. The molecule has 0 aliphatic carbocycles. The van der Waals surface area contributed by atoms with Gasteiger partial charge in [0.2, 0.25) is 0 Å². The third kappa shape index (κ3) is 2.93. The molecule has 2 rings (SSSR count). The predicted molar refractivity (Wildman–Crippen MR) is 71.2 cm³/mol. The molecule has 2 aromatic rings. The number of H-pyrrole nitrogens is 1. The van der Waals surface area contributed by atoms with E-state index in [4.69, 9.17) is 16.7 Å². The van der Waals surface area contributed by atoms with Crippen LogP contribution in [0.4, 0.5) is 0 Å². The summed E-state index contributed by atoms with van der Waals surface area (Å²) in [7, 11) is 0. The predicted octanol–water partition coefficient (Wildman–Crippen LogP) is -0.675. The maximum absolute atomic E-state index is 9.94. The molecule has 7 nitrogen and oxygen atoms in total. The van der Waals surface area contributed by atoms with Gasteiger partial charge in [-0.05, 0) is 18.2 Å². The first-order valence-corrected chi connectivity index (χ1v) is 6.30. The maximum Gasteiger partial charge on any atom is 0.140 e. The molecule has 0 radical (unpaired) electrons. The first kappa shape index (κ1) is 15.2. The Kier molecular flexibility index (Phi) is 4.59. The molecule has 8 heteroatoms. The largest absolute Gasteiger partial charge is 0.394 e. The van der Waals surface area contributed by atoms with Gasteiger partial charge < -0.3 is 30.5 Å². The van der Waals surface area contributed by atoms with Crippen LogP contribution < -0.4 is 0 Å². The van der Waals surface area contributed by atoms with Gasteiger partial charge in [0.05, 0.1) is 17.6 Å². The highest BCUT2D eigenvalue weighted by molar-refractivity contribution is 6.31. The number of nitrogens with zero attached hydrogens (tertiary/aromatic N) is 1. The number of hydrogen-bond donors (Lipinski definition) is 6. The molecule has 6 N–H and O–H groups in total. The number of benzene rings is 1. The van der Waals surface area contributed by atoms with Crippen LogP contribution in [0.3, 0.4) is 0 Å². The van der Waals surface area contributed by atoms with Gasteiger partial charge in [-0.25, -0.2) is 4.98 Å². The minimum atomic E-state index is -1.70. The molecule has 2 unspecified atom stereocenters. The van der Waals surface area contributed by atoms with Crippen molar-refractivity contribution in [2.45, 2.75) is 24.4 Å². The van der Waals surface area contributed by atoms with Crippen LogP contribution in [0.15, 0.2) is 18.2 Å². The number of aliphatic hydroxyl groups excluding tert-OH is 5. The molecule has 110 valence electrons. The SMILES string of the molecule is OCC(O)[C@H](O)[C@H](O)C(O)c1nc2cc(Cl)ccc2[nH]1. The number of aromatic nitrogens is 2. The molecule has 0 aliphatic heterocycles. The van der Waals surface area contributed by atoms with Crippen molar-refractivity contribution >= 4 is 22.6 Å². The highest BCUT2D eigenvalue weighted by Crippen LogP contribution is 2.23. The Morgan fingerprint density at radius 2 is 1.85 bits per heavy atom. The Bertz CT molecular complexity index is 590. The minimum absolute atomic E-state index is 0.0268. The van der Waals surface area contributed by atoms with Gasteiger partial charge in [0.25, 0.3) is 0 Å². The van der Waals surface area contributed by atoms with Crippen molar-refractivity contribution in [3.63, 3.8) is 0 Å². The number of nitrogens with one attached hydrogen (secondary N) is 1. The van der Waals surface area contributed by atoms with Gasteiger partial charge in [-0.15, -0.1) is 0 Å². The monoisotopic (exact) mass is 302 g/mol. The smallest absolute Gasteiger partial charge is 0.140 e. The number of aromatic amines is 1. The van der Waals surface area contributed by atoms with Crippen molar-refractivity contribution in [3.8, 4) is 0 Å². The molecule has 20 heavy (non-hydrogen) atoms. The average molecular weight is 303 g/mol. The number of hydrogen-bond acceptors (Lipinski definition) is 6. The van der Waals surface area contributed by atoms with Gasteiger partial charge in [-0.1, -0.05) is 11.6 Å². The fraction of sp³-hybridized carbons (Fsp3) is 0.417. The van der Waals surface area contributed by atoms with E-state index >= 15 is 0 Å². The lowest BCUT2D eigenvalue weighted by atomic mass is 10.0. The number of rotatable bonds is 5. The summed E-state index contributed by atoms with van der Waals surface area (Å²) < 4.78 is 0. The third-order valence-electron chi connectivity index (χ3n) is 3.00. The van der Waals surface area contributed by atoms with Crippen molar-refractivity contribution in [1.82, 2.24) is 9.97 Å². The zero-order valence-corrected chi connectivity index (χ0v) is 11.1. The Hall–Kier alpha value is -1.22. The fourth-order valence-corrected chi connectivity index (χ4v) is 1.99. The lowest BCUT2D eigenvalue weighted by molar-refractivity contribution is -0.117. The zero-order valence-electron chi connectivity index (χ0n) is 10.3. The molecular formula is C12H15ClN2O5. The molecule has 0 saturated heterocycles. The van der Waals surface area contributed by atoms with E-state index in [1.165, 1.54) is 0 Å². The van der Waals surface area contributed by atoms with Gasteiger partial charge in [0.1, 0.15) is 30.2 Å². The average Bonchev–Trinajstić information content (AvgIpc) is 2.86. The quantitative estimate of drug-likeness (QED) is 0.434. The summed E-state index contributed by atoms with van der Waals surface area (Å²) in [6.45, 7) is -0.735. The molecule has 1 aromatic heterocycles. The van der Waals surface area contributed by atoms with E-state index in [2.05, 4.69) is 9.97 Å². The van der Waals surface area contributed by atoms with E-state index in [1.54, 1.807) is 18.2 Å². The second-order valence-corrected chi connectivity index (χ2v) is 4.90. The molecule has 0 amide bonds. The number of fused-ring (bicyclic) bond motifs is 1. The molecular weight excluding hydrogens is 288 g/mol. The van der Waals surface area contributed by atoms with E-state index in [-0.39, 0.29) is 5.82 Å². The van der Waals surface area contributed by atoms with E-state index in [9.17, 15) is 20.4 Å². The van der Waals surface area contributed by atoms with Crippen molar-refractivity contribution in [3.05, 3.63) is 29.0 Å². The standard InChI is InChI=1S/C12H15ClN2O5/c13-5-1-2-6-7(3-5)15-12(14-6)11(20)10(19)9(18)8(17)4-16/h1-3,8-11,16-20H,4H2,(H,14,15)/t8?,9-,10-,11?/m0/s1. The first-order chi connectivity index (χ1) is 9.43. The van der Waals surface area contributed by atoms with E-state index < -0.39 is 31.0 Å².